The van der Waals surface area contributed by atoms with Gasteiger partial charge in [-0.1, -0.05) is 97.0 Å². The van der Waals surface area contributed by atoms with Crippen molar-refractivity contribution in [1.82, 2.24) is 0 Å². The molecule has 0 fully saturated rings. The van der Waals surface area contributed by atoms with Gasteiger partial charge in [-0.3, -0.25) is 0 Å². The van der Waals surface area contributed by atoms with Crippen LogP contribution in [0.5, 0.6) is 0 Å². The fraction of sp³-hybridized carbons (Fsp3) is 0.720. The Morgan fingerprint density at radius 1 is 0.733 bits per heavy atom. The summed E-state index contributed by atoms with van der Waals surface area (Å²) in [6, 6.07) is 8.72. The summed E-state index contributed by atoms with van der Waals surface area (Å²) < 4.78 is 7.63. The molecule has 0 aliphatic carbocycles. The maximum Gasteiger partial charge on any atom is 0.250 e. The molecule has 5 heteroatoms. The van der Waals surface area contributed by atoms with E-state index in [0.717, 1.165) is 0 Å². The van der Waals surface area contributed by atoms with Crippen LogP contribution in [0.25, 0.3) is 0 Å². The molecule has 0 amide bonds. The predicted molar refractivity (Wildman–Crippen MR) is 149 cm³/mol. The van der Waals surface area contributed by atoms with E-state index in [-0.39, 0.29) is 0 Å². The molecular weight excluding hydrogens is 429 g/mol. The monoisotopic (exact) mass is 478 g/mol. The lowest BCUT2D eigenvalue weighted by atomic mass is 10.0. The van der Waals surface area contributed by atoms with Crippen molar-refractivity contribution in [1.29, 1.82) is 0 Å². The minimum absolute atomic E-state index is 0.703. The zero-order valence-electron chi connectivity index (χ0n) is 22.3. The summed E-state index contributed by atoms with van der Waals surface area (Å²) in [4.78, 5) is 0. The highest BCUT2D eigenvalue weighted by molar-refractivity contribution is 7.61. The molecule has 1 nitrogen and oxygen atoms in total. The van der Waals surface area contributed by atoms with Crippen LogP contribution in [0.15, 0.2) is 12.1 Å². The molecule has 0 unspecified atom stereocenters. The Balaban J connectivity index is 3.98. The SMILES string of the molecule is CCC[Si](CCC)(CCC)OC(c1c(C)cc(C)cc1C)=[Si]([Si](C)(C)C)[Si](C)(C)C. The van der Waals surface area contributed by atoms with Gasteiger partial charge in [0.25, 0.3) is 8.32 Å². The fourth-order valence-corrected chi connectivity index (χ4v) is 48.1. The van der Waals surface area contributed by atoms with Gasteiger partial charge in [0.05, 0.1) is 20.5 Å². The van der Waals surface area contributed by atoms with E-state index in [1.807, 2.05) is 0 Å². The van der Waals surface area contributed by atoms with Crippen molar-refractivity contribution in [2.24, 2.45) is 0 Å². The molecule has 30 heavy (non-hydrogen) atoms. The number of benzene rings is 1. The van der Waals surface area contributed by atoms with Gasteiger partial charge in [-0.05, 0) is 50.0 Å². The fourth-order valence-electron chi connectivity index (χ4n) is 5.68. The van der Waals surface area contributed by atoms with E-state index in [1.165, 1.54) is 65.0 Å². The number of hydrogen-bond acceptors (Lipinski definition) is 1. The van der Waals surface area contributed by atoms with E-state index in [1.54, 1.807) is 0 Å². The van der Waals surface area contributed by atoms with E-state index in [0.29, 0.717) is 0 Å². The first-order valence-corrected chi connectivity index (χ1v) is 25.3. The van der Waals surface area contributed by atoms with Crippen molar-refractivity contribution in [2.45, 2.75) is 118 Å². The number of rotatable bonds is 11. The largest absolute Gasteiger partial charge is 0.548 e. The normalized spacial score (nSPS) is 12.8. The van der Waals surface area contributed by atoms with Crippen LogP contribution in [-0.4, -0.2) is 36.3 Å². The first-order chi connectivity index (χ1) is 13.7. The van der Waals surface area contributed by atoms with Crippen molar-refractivity contribution in [3.63, 3.8) is 0 Å². The molecule has 1 aromatic carbocycles. The van der Waals surface area contributed by atoms with Crippen molar-refractivity contribution in [3.05, 3.63) is 34.4 Å². The molecule has 0 saturated carbocycles. The molecule has 0 heterocycles. The number of aryl methyl sites for hydroxylation is 3. The van der Waals surface area contributed by atoms with Gasteiger partial charge in [0.15, 0.2) is 0 Å². The quantitative estimate of drug-likeness (QED) is 0.291. The molecule has 0 aliphatic heterocycles. The van der Waals surface area contributed by atoms with Crippen molar-refractivity contribution >= 4 is 36.3 Å². The maximum atomic E-state index is 7.63. The molecule has 0 spiro atoms. The third-order valence-electron chi connectivity index (χ3n) is 6.07. The van der Waals surface area contributed by atoms with E-state index in [4.69, 9.17) is 4.43 Å². The average Bonchev–Trinajstić information content (AvgIpc) is 2.51. The lowest BCUT2D eigenvalue weighted by Gasteiger charge is -2.40. The third kappa shape index (κ3) is 7.14. The van der Waals surface area contributed by atoms with Gasteiger partial charge in [0, 0.05) is 13.0 Å². The Hall–Kier alpha value is -0.242. The summed E-state index contributed by atoms with van der Waals surface area (Å²) >= 11 is 0. The lowest BCUT2D eigenvalue weighted by Crippen LogP contribution is -2.58. The summed E-state index contributed by atoms with van der Waals surface area (Å²) in [6.07, 6.45) is 3.77. The maximum absolute atomic E-state index is 7.63. The van der Waals surface area contributed by atoms with Crippen molar-refractivity contribution in [2.75, 3.05) is 0 Å². The Morgan fingerprint density at radius 3 is 1.40 bits per heavy atom. The minimum Gasteiger partial charge on any atom is -0.548 e. The second kappa shape index (κ2) is 11.1. The molecule has 0 bridgehead atoms. The molecule has 0 N–H and O–H groups in total. The van der Waals surface area contributed by atoms with Gasteiger partial charge < -0.3 is 4.43 Å². The molecule has 1 aromatic rings. The van der Waals surface area contributed by atoms with Gasteiger partial charge in [-0.2, -0.15) is 0 Å². The highest BCUT2D eigenvalue weighted by Gasteiger charge is 2.41. The highest BCUT2D eigenvalue weighted by atomic mass is 29.6. The van der Waals surface area contributed by atoms with Gasteiger partial charge in [-0.15, -0.1) is 0 Å². The summed E-state index contributed by atoms with van der Waals surface area (Å²) in [5.74, 6) is 0. The zero-order chi connectivity index (χ0) is 23.3. The average molecular weight is 479 g/mol. The van der Waals surface area contributed by atoms with Crippen LogP contribution in [-0.2, 0) is 4.43 Å². The van der Waals surface area contributed by atoms with Crippen LogP contribution in [0.2, 0.25) is 57.4 Å². The summed E-state index contributed by atoms with van der Waals surface area (Å²) in [5, 5.41) is 1.52. The van der Waals surface area contributed by atoms with E-state index >= 15 is 0 Å². The van der Waals surface area contributed by atoms with Crippen LogP contribution >= 0.6 is 0 Å². The lowest BCUT2D eigenvalue weighted by molar-refractivity contribution is 0.523. The van der Waals surface area contributed by atoms with Crippen molar-refractivity contribution in [3.8, 4) is 0 Å². The molecule has 1 rings (SSSR count). The third-order valence-corrected chi connectivity index (χ3v) is 38.8. The second-order valence-electron chi connectivity index (χ2n) is 11.5. The van der Waals surface area contributed by atoms with Crippen LogP contribution in [0, 0.1) is 20.8 Å². The first-order valence-electron chi connectivity index (χ1n) is 12.2. The van der Waals surface area contributed by atoms with Crippen LogP contribution < -0.4 is 0 Å². The zero-order valence-corrected chi connectivity index (χ0v) is 26.3. The molecule has 0 atom stereocenters. The van der Waals surface area contributed by atoms with Gasteiger partial charge in [-0.25, -0.2) is 0 Å². The molecule has 0 aromatic heterocycles. The van der Waals surface area contributed by atoms with Gasteiger partial charge in [0.2, 0.25) is 0 Å². The van der Waals surface area contributed by atoms with E-state index in [9.17, 15) is 0 Å². The minimum atomic E-state index is -1.79. The molecular formula is C25H50OSi4. The molecule has 172 valence electrons. The Kier molecular flexibility index (Phi) is 10.2. The first kappa shape index (κ1) is 27.8. The van der Waals surface area contributed by atoms with E-state index < -0.39 is 30.9 Å². The van der Waals surface area contributed by atoms with Gasteiger partial charge >= 0.3 is 0 Å². The number of hydrogen-bond donors (Lipinski definition) is 0. The Labute approximate surface area is 193 Å². The topological polar surface area (TPSA) is 9.23 Å². The summed E-state index contributed by atoms with van der Waals surface area (Å²) in [7, 11) is -5.24. The second-order valence-corrected chi connectivity index (χ2v) is 39.3. The van der Waals surface area contributed by atoms with Crippen LogP contribution in [0.1, 0.15) is 62.3 Å². The molecule has 0 saturated heterocycles. The highest BCUT2D eigenvalue weighted by Crippen LogP contribution is 2.32. The van der Waals surface area contributed by atoms with Crippen molar-refractivity contribution < 1.29 is 4.43 Å². The smallest absolute Gasteiger partial charge is 0.250 e. The van der Waals surface area contributed by atoms with Crippen LogP contribution in [0.3, 0.4) is 0 Å². The van der Waals surface area contributed by atoms with E-state index in [2.05, 4.69) is 93.0 Å². The summed E-state index contributed by atoms with van der Waals surface area (Å²) in [5.41, 5.74) is 5.75. The molecule has 0 radical (unpaired) electrons. The standard InChI is InChI=1S/C25H50OSi4/c1-13-16-30(17-14-2,18-15-3)26-25(27(28(7,8)9)29(10,11)12)24-22(5)19-21(4)20-23(24)6/h19-20H,13-18H2,1-12H3. The summed E-state index contributed by atoms with van der Waals surface area (Å²) in [6.45, 7) is 29.7. The molecule has 0 aliphatic rings. The Bertz CT molecular complexity index is 682. The van der Waals surface area contributed by atoms with Gasteiger partial charge in [0.1, 0.15) is 0 Å². The van der Waals surface area contributed by atoms with Crippen LogP contribution in [0.4, 0.5) is 0 Å². The predicted octanol–water partition coefficient (Wildman–Crippen LogP) is 8.19. The Morgan fingerprint density at radius 2 is 1.10 bits per heavy atom.